The van der Waals surface area contributed by atoms with E-state index in [0.29, 0.717) is 12.0 Å². The van der Waals surface area contributed by atoms with E-state index < -0.39 is 0 Å². The predicted molar refractivity (Wildman–Crippen MR) is 98.3 cm³/mol. The number of para-hydroxylation sites is 1. The summed E-state index contributed by atoms with van der Waals surface area (Å²) in [5.74, 6) is 0.863. The van der Waals surface area contributed by atoms with Gasteiger partial charge in [0.25, 0.3) is 0 Å². The normalized spacial score (nSPS) is 16.5. The van der Waals surface area contributed by atoms with Gasteiger partial charge in [-0.05, 0) is 36.8 Å². The molecular weight excluding hydrogens is 298 g/mol. The summed E-state index contributed by atoms with van der Waals surface area (Å²) in [4.78, 5) is 4.33. The second-order valence-electron chi connectivity index (χ2n) is 6.62. The van der Waals surface area contributed by atoms with Crippen LogP contribution in [-0.2, 0) is 6.54 Å². The summed E-state index contributed by atoms with van der Waals surface area (Å²) in [5.41, 5.74) is 2.69. The van der Waals surface area contributed by atoms with Crippen molar-refractivity contribution in [1.29, 1.82) is 0 Å². The van der Waals surface area contributed by atoms with Crippen molar-refractivity contribution in [2.75, 3.05) is 13.6 Å². The van der Waals surface area contributed by atoms with Crippen molar-refractivity contribution >= 4 is 5.96 Å². The molecule has 1 aromatic heterocycles. The summed E-state index contributed by atoms with van der Waals surface area (Å²) in [5, 5.41) is 11.3. The van der Waals surface area contributed by atoms with Gasteiger partial charge in [0.05, 0.1) is 11.9 Å². The van der Waals surface area contributed by atoms with Gasteiger partial charge >= 0.3 is 0 Å². The van der Waals surface area contributed by atoms with Crippen molar-refractivity contribution in [2.45, 2.75) is 39.2 Å². The first-order chi connectivity index (χ1) is 11.7. The molecule has 0 radical (unpaired) electrons. The molecule has 1 fully saturated rings. The molecule has 5 heteroatoms. The van der Waals surface area contributed by atoms with Crippen molar-refractivity contribution in [3.05, 3.63) is 48.3 Å². The van der Waals surface area contributed by atoms with E-state index in [1.54, 1.807) is 0 Å². The van der Waals surface area contributed by atoms with Gasteiger partial charge < -0.3 is 10.6 Å². The molecular formula is C19H27N5. The van der Waals surface area contributed by atoms with Gasteiger partial charge in [0.1, 0.15) is 0 Å². The van der Waals surface area contributed by atoms with E-state index in [0.717, 1.165) is 23.8 Å². The highest BCUT2D eigenvalue weighted by Gasteiger charge is 2.34. The molecule has 128 valence electrons. The van der Waals surface area contributed by atoms with E-state index in [-0.39, 0.29) is 0 Å². The number of nitrogens with one attached hydrogen (secondary N) is 2. The third-order valence-electron chi connectivity index (χ3n) is 5.14. The van der Waals surface area contributed by atoms with Gasteiger partial charge in [-0.15, -0.1) is 0 Å². The van der Waals surface area contributed by atoms with Gasteiger partial charge in [0, 0.05) is 31.9 Å². The molecule has 5 nitrogen and oxygen atoms in total. The molecule has 0 amide bonds. The zero-order valence-corrected chi connectivity index (χ0v) is 14.6. The number of aromatic nitrogens is 2. The fraction of sp³-hybridized carbons (Fsp3) is 0.474. The Morgan fingerprint density at radius 3 is 2.67 bits per heavy atom. The lowest BCUT2D eigenvalue weighted by Gasteiger charge is -2.41. The number of aliphatic imine (C=N–C) groups is 1. The Balaban J connectivity index is 1.52. The van der Waals surface area contributed by atoms with Crippen LogP contribution in [0.15, 0.2) is 47.7 Å². The Hall–Kier alpha value is -2.30. The highest BCUT2D eigenvalue weighted by Crippen LogP contribution is 2.42. The van der Waals surface area contributed by atoms with Crippen LogP contribution < -0.4 is 10.6 Å². The van der Waals surface area contributed by atoms with Crippen molar-refractivity contribution in [2.24, 2.45) is 10.4 Å². The van der Waals surface area contributed by atoms with E-state index in [1.165, 1.54) is 25.7 Å². The topological polar surface area (TPSA) is 54.2 Å². The predicted octanol–water partition coefficient (Wildman–Crippen LogP) is 3.12. The molecule has 1 aromatic carbocycles. The summed E-state index contributed by atoms with van der Waals surface area (Å²) >= 11 is 0. The summed E-state index contributed by atoms with van der Waals surface area (Å²) in [7, 11) is 1.82. The van der Waals surface area contributed by atoms with Gasteiger partial charge in [-0.2, -0.15) is 5.10 Å². The molecule has 0 aliphatic heterocycles. The number of guanidine groups is 1. The first-order valence-electron chi connectivity index (χ1n) is 8.78. The quantitative estimate of drug-likeness (QED) is 0.634. The van der Waals surface area contributed by atoms with Crippen LogP contribution in [0.1, 0.15) is 38.2 Å². The fourth-order valence-electron chi connectivity index (χ4n) is 3.18. The van der Waals surface area contributed by atoms with E-state index in [1.807, 2.05) is 48.3 Å². The van der Waals surface area contributed by atoms with Crippen LogP contribution >= 0.6 is 0 Å². The van der Waals surface area contributed by atoms with E-state index in [2.05, 4.69) is 33.8 Å². The summed E-state index contributed by atoms with van der Waals surface area (Å²) in [6.07, 6.45) is 9.21. The molecule has 1 heterocycles. The van der Waals surface area contributed by atoms with Gasteiger partial charge in [-0.1, -0.05) is 31.5 Å². The average Bonchev–Trinajstić information content (AvgIpc) is 3.06. The standard InChI is InChI=1S/C19H27N5/c1-3-19(10-7-11-19)15-22-18(20-2)21-12-16-13-23-24(14-16)17-8-5-4-6-9-17/h4-6,8-9,13-14H,3,7,10-12,15H2,1-2H3,(H2,20,21,22). The molecule has 0 spiro atoms. The smallest absolute Gasteiger partial charge is 0.191 e. The second kappa shape index (κ2) is 7.51. The molecule has 0 bridgehead atoms. The highest BCUT2D eigenvalue weighted by atomic mass is 15.3. The maximum absolute atomic E-state index is 4.43. The number of benzene rings is 1. The van der Waals surface area contributed by atoms with Crippen LogP contribution in [0, 0.1) is 5.41 Å². The van der Waals surface area contributed by atoms with Gasteiger partial charge in [0.15, 0.2) is 5.96 Å². The lowest BCUT2D eigenvalue weighted by atomic mass is 9.67. The summed E-state index contributed by atoms with van der Waals surface area (Å²) in [6, 6.07) is 10.1. The number of hydrogen-bond acceptors (Lipinski definition) is 2. The van der Waals surface area contributed by atoms with Gasteiger partial charge in [0.2, 0.25) is 0 Å². The Bertz CT molecular complexity index is 665. The Morgan fingerprint density at radius 1 is 1.25 bits per heavy atom. The fourth-order valence-corrected chi connectivity index (χ4v) is 3.18. The molecule has 0 atom stereocenters. The largest absolute Gasteiger partial charge is 0.356 e. The summed E-state index contributed by atoms with van der Waals surface area (Å²) in [6.45, 7) is 4.01. The first kappa shape index (κ1) is 16.6. The lowest BCUT2D eigenvalue weighted by molar-refractivity contribution is 0.131. The van der Waals surface area contributed by atoms with Crippen LogP contribution in [0.2, 0.25) is 0 Å². The molecule has 2 aromatic rings. The molecule has 1 saturated carbocycles. The highest BCUT2D eigenvalue weighted by molar-refractivity contribution is 5.79. The first-order valence-corrected chi connectivity index (χ1v) is 8.78. The van der Waals surface area contributed by atoms with Crippen LogP contribution in [0.5, 0.6) is 0 Å². The van der Waals surface area contributed by atoms with Crippen molar-refractivity contribution in [1.82, 2.24) is 20.4 Å². The van der Waals surface area contributed by atoms with Crippen LogP contribution in [0.4, 0.5) is 0 Å². The van der Waals surface area contributed by atoms with Gasteiger partial charge in [-0.25, -0.2) is 4.68 Å². The van der Waals surface area contributed by atoms with Crippen molar-refractivity contribution in [3.8, 4) is 5.69 Å². The zero-order chi connectivity index (χ0) is 16.8. The van der Waals surface area contributed by atoms with E-state index >= 15 is 0 Å². The zero-order valence-electron chi connectivity index (χ0n) is 14.6. The molecule has 0 unspecified atom stereocenters. The second-order valence-corrected chi connectivity index (χ2v) is 6.62. The number of nitrogens with zero attached hydrogens (tertiary/aromatic N) is 3. The summed E-state index contributed by atoms with van der Waals surface area (Å²) < 4.78 is 1.90. The van der Waals surface area contributed by atoms with Gasteiger partial charge in [-0.3, -0.25) is 4.99 Å². The third-order valence-corrected chi connectivity index (χ3v) is 5.14. The SMILES string of the molecule is CCC1(CNC(=NC)NCc2cnn(-c3ccccc3)c2)CCC1. The average molecular weight is 325 g/mol. The van der Waals surface area contributed by atoms with Crippen LogP contribution in [0.3, 0.4) is 0 Å². The number of rotatable bonds is 6. The maximum atomic E-state index is 4.43. The minimum Gasteiger partial charge on any atom is -0.356 e. The van der Waals surface area contributed by atoms with Crippen LogP contribution in [-0.4, -0.2) is 29.3 Å². The van der Waals surface area contributed by atoms with E-state index in [4.69, 9.17) is 0 Å². The molecule has 3 rings (SSSR count). The van der Waals surface area contributed by atoms with Crippen molar-refractivity contribution < 1.29 is 0 Å². The molecule has 1 aliphatic rings. The molecule has 2 N–H and O–H groups in total. The Labute approximate surface area is 144 Å². The Kier molecular flexibility index (Phi) is 5.18. The van der Waals surface area contributed by atoms with Crippen molar-refractivity contribution in [3.63, 3.8) is 0 Å². The minimum absolute atomic E-state index is 0.482. The lowest BCUT2D eigenvalue weighted by Crippen LogP contribution is -2.46. The molecule has 1 aliphatic carbocycles. The minimum atomic E-state index is 0.482. The number of hydrogen-bond donors (Lipinski definition) is 2. The Morgan fingerprint density at radius 2 is 2.04 bits per heavy atom. The monoisotopic (exact) mass is 325 g/mol. The van der Waals surface area contributed by atoms with E-state index in [9.17, 15) is 0 Å². The molecule has 24 heavy (non-hydrogen) atoms. The van der Waals surface area contributed by atoms with Crippen LogP contribution in [0.25, 0.3) is 5.69 Å². The third kappa shape index (κ3) is 3.78. The molecule has 0 saturated heterocycles. The maximum Gasteiger partial charge on any atom is 0.191 e.